The fraction of sp³-hybridized carbons (Fsp3) is 0.800. The van der Waals surface area contributed by atoms with Crippen LogP contribution in [0.2, 0.25) is 0 Å². The SMILES string of the molecule is CCC(CC)(OC)c1nc(C)c(CNCC(C)C)s1. The summed E-state index contributed by atoms with van der Waals surface area (Å²) in [6.07, 6.45) is 1.93. The Morgan fingerprint density at radius 3 is 2.42 bits per heavy atom. The van der Waals surface area contributed by atoms with Crippen molar-refractivity contribution in [3.63, 3.8) is 0 Å². The Balaban J connectivity index is 2.83. The van der Waals surface area contributed by atoms with Gasteiger partial charge in [-0.1, -0.05) is 27.7 Å². The van der Waals surface area contributed by atoms with Crippen molar-refractivity contribution in [1.29, 1.82) is 0 Å². The highest BCUT2D eigenvalue weighted by atomic mass is 32.1. The summed E-state index contributed by atoms with van der Waals surface area (Å²) in [5.74, 6) is 0.678. The van der Waals surface area contributed by atoms with E-state index in [1.807, 2.05) is 0 Å². The van der Waals surface area contributed by atoms with Gasteiger partial charge in [-0.3, -0.25) is 0 Å². The monoisotopic (exact) mass is 284 g/mol. The molecular weight excluding hydrogens is 256 g/mol. The van der Waals surface area contributed by atoms with Crippen LogP contribution in [0.1, 0.15) is 56.1 Å². The quantitative estimate of drug-likeness (QED) is 0.787. The van der Waals surface area contributed by atoms with E-state index in [9.17, 15) is 0 Å². The van der Waals surface area contributed by atoms with Gasteiger partial charge in [-0.15, -0.1) is 11.3 Å². The van der Waals surface area contributed by atoms with Crippen molar-refractivity contribution in [3.8, 4) is 0 Å². The number of nitrogens with one attached hydrogen (secondary N) is 1. The van der Waals surface area contributed by atoms with E-state index < -0.39 is 0 Å². The molecule has 0 amide bonds. The molecule has 0 unspecified atom stereocenters. The van der Waals surface area contributed by atoms with Gasteiger partial charge in [-0.05, 0) is 32.2 Å². The lowest BCUT2D eigenvalue weighted by Crippen LogP contribution is -2.26. The van der Waals surface area contributed by atoms with Crippen molar-refractivity contribution >= 4 is 11.3 Å². The standard InChI is InChI=1S/C15H28N2OS/c1-7-15(8-2,18-6)14-17-12(5)13(19-14)10-16-9-11(3)4/h11,16H,7-10H2,1-6H3. The van der Waals surface area contributed by atoms with Gasteiger partial charge in [-0.25, -0.2) is 4.98 Å². The summed E-state index contributed by atoms with van der Waals surface area (Å²) in [6.45, 7) is 12.8. The number of nitrogens with zero attached hydrogens (tertiary/aromatic N) is 1. The highest BCUT2D eigenvalue weighted by molar-refractivity contribution is 7.11. The summed E-state index contributed by atoms with van der Waals surface area (Å²) in [7, 11) is 1.79. The number of methoxy groups -OCH3 is 1. The molecule has 0 aliphatic rings. The summed E-state index contributed by atoms with van der Waals surface area (Å²) < 4.78 is 5.76. The van der Waals surface area contributed by atoms with Crippen LogP contribution in [0.3, 0.4) is 0 Å². The first-order valence-corrected chi connectivity index (χ1v) is 8.03. The second-order valence-corrected chi connectivity index (χ2v) is 6.54. The van der Waals surface area contributed by atoms with Gasteiger partial charge in [0.05, 0.1) is 5.69 Å². The normalized spacial score (nSPS) is 12.4. The Bertz CT molecular complexity index is 375. The number of ether oxygens (including phenoxy) is 1. The highest BCUT2D eigenvalue weighted by Gasteiger charge is 2.32. The lowest BCUT2D eigenvalue weighted by molar-refractivity contribution is -0.0219. The van der Waals surface area contributed by atoms with Crippen LogP contribution in [-0.2, 0) is 16.9 Å². The van der Waals surface area contributed by atoms with Crippen LogP contribution in [0.4, 0.5) is 0 Å². The first kappa shape index (κ1) is 16.6. The topological polar surface area (TPSA) is 34.1 Å². The van der Waals surface area contributed by atoms with E-state index in [0.29, 0.717) is 5.92 Å². The lowest BCUT2D eigenvalue weighted by Gasteiger charge is -2.27. The Morgan fingerprint density at radius 1 is 1.32 bits per heavy atom. The molecule has 0 spiro atoms. The van der Waals surface area contributed by atoms with E-state index in [1.54, 1.807) is 18.4 Å². The number of hydrogen-bond acceptors (Lipinski definition) is 4. The minimum atomic E-state index is -0.203. The zero-order valence-electron chi connectivity index (χ0n) is 13.2. The van der Waals surface area contributed by atoms with Gasteiger partial charge in [0, 0.05) is 18.5 Å². The van der Waals surface area contributed by atoms with E-state index in [4.69, 9.17) is 9.72 Å². The van der Waals surface area contributed by atoms with Crippen LogP contribution in [0.25, 0.3) is 0 Å². The molecule has 4 heteroatoms. The predicted molar refractivity (Wildman–Crippen MR) is 82.7 cm³/mol. The third kappa shape index (κ3) is 4.01. The first-order valence-electron chi connectivity index (χ1n) is 7.21. The van der Waals surface area contributed by atoms with Gasteiger partial charge in [0.2, 0.25) is 0 Å². The molecule has 0 radical (unpaired) electrons. The summed E-state index contributed by atoms with van der Waals surface area (Å²) in [5, 5.41) is 4.61. The second kappa shape index (κ2) is 7.36. The molecule has 3 nitrogen and oxygen atoms in total. The molecule has 0 saturated heterocycles. The van der Waals surface area contributed by atoms with Crippen LogP contribution in [-0.4, -0.2) is 18.6 Å². The number of aromatic nitrogens is 1. The highest BCUT2D eigenvalue weighted by Crippen LogP contribution is 2.36. The van der Waals surface area contributed by atoms with E-state index in [1.165, 1.54) is 4.88 Å². The summed E-state index contributed by atoms with van der Waals surface area (Å²) in [5.41, 5.74) is 0.936. The van der Waals surface area contributed by atoms with Crippen molar-refractivity contribution in [2.24, 2.45) is 5.92 Å². The zero-order valence-corrected chi connectivity index (χ0v) is 14.0. The zero-order chi connectivity index (χ0) is 14.5. The second-order valence-electron chi connectivity index (χ2n) is 5.46. The van der Waals surface area contributed by atoms with Crippen LogP contribution < -0.4 is 5.32 Å². The van der Waals surface area contributed by atoms with Gasteiger partial charge in [-0.2, -0.15) is 0 Å². The van der Waals surface area contributed by atoms with E-state index in [0.717, 1.165) is 36.6 Å². The first-order chi connectivity index (χ1) is 8.99. The maximum Gasteiger partial charge on any atom is 0.125 e. The fourth-order valence-corrected chi connectivity index (χ4v) is 3.53. The number of aryl methyl sites for hydroxylation is 1. The Morgan fingerprint density at radius 2 is 1.95 bits per heavy atom. The molecule has 19 heavy (non-hydrogen) atoms. The van der Waals surface area contributed by atoms with Crippen LogP contribution >= 0.6 is 11.3 Å². The van der Waals surface area contributed by atoms with Gasteiger partial charge in [0.15, 0.2) is 0 Å². The number of hydrogen-bond donors (Lipinski definition) is 1. The van der Waals surface area contributed by atoms with Crippen molar-refractivity contribution in [2.75, 3.05) is 13.7 Å². The molecule has 0 aliphatic carbocycles. The molecule has 1 N–H and O–H groups in total. The third-order valence-electron chi connectivity index (χ3n) is 3.65. The Labute approximate surface area is 121 Å². The lowest BCUT2D eigenvalue weighted by atomic mass is 9.98. The van der Waals surface area contributed by atoms with E-state index in [-0.39, 0.29) is 5.60 Å². The maximum absolute atomic E-state index is 5.76. The van der Waals surface area contributed by atoms with Crippen molar-refractivity contribution in [3.05, 3.63) is 15.6 Å². The van der Waals surface area contributed by atoms with Crippen LogP contribution in [0, 0.1) is 12.8 Å². The maximum atomic E-state index is 5.76. The number of rotatable bonds is 8. The Hall–Kier alpha value is -0.450. The Kier molecular flexibility index (Phi) is 6.43. The van der Waals surface area contributed by atoms with Crippen molar-refractivity contribution in [2.45, 2.75) is 59.6 Å². The van der Waals surface area contributed by atoms with Crippen LogP contribution in [0.15, 0.2) is 0 Å². The third-order valence-corrected chi connectivity index (χ3v) is 5.00. The smallest absolute Gasteiger partial charge is 0.125 e. The molecule has 0 saturated carbocycles. The average molecular weight is 284 g/mol. The van der Waals surface area contributed by atoms with E-state index >= 15 is 0 Å². The van der Waals surface area contributed by atoms with Gasteiger partial charge in [0.1, 0.15) is 10.6 Å². The summed E-state index contributed by atoms with van der Waals surface area (Å²) >= 11 is 1.79. The van der Waals surface area contributed by atoms with E-state index in [2.05, 4.69) is 39.9 Å². The van der Waals surface area contributed by atoms with Crippen molar-refractivity contribution in [1.82, 2.24) is 10.3 Å². The average Bonchev–Trinajstić information content (AvgIpc) is 2.74. The molecule has 1 aromatic heterocycles. The van der Waals surface area contributed by atoms with Crippen molar-refractivity contribution < 1.29 is 4.74 Å². The molecule has 0 atom stereocenters. The van der Waals surface area contributed by atoms with Gasteiger partial charge < -0.3 is 10.1 Å². The van der Waals surface area contributed by atoms with Gasteiger partial charge in [0.25, 0.3) is 0 Å². The number of thiazole rings is 1. The molecule has 110 valence electrons. The molecule has 0 fully saturated rings. The largest absolute Gasteiger partial charge is 0.371 e. The minimum Gasteiger partial charge on any atom is -0.371 e. The molecular formula is C15H28N2OS. The van der Waals surface area contributed by atoms with Crippen LogP contribution in [0.5, 0.6) is 0 Å². The summed E-state index contributed by atoms with van der Waals surface area (Å²) in [4.78, 5) is 6.08. The molecule has 1 rings (SSSR count). The predicted octanol–water partition coefficient (Wildman–Crippen LogP) is 3.86. The summed E-state index contributed by atoms with van der Waals surface area (Å²) in [6, 6.07) is 0. The molecule has 1 heterocycles. The molecule has 0 bridgehead atoms. The molecule has 1 aromatic rings. The molecule has 0 aliphatic heterocycles. The minimum absolute atomic E-state index is 0.203. The van der Waals surface area contributed by atoms with Gasteiger partial charge >= 0.3 is 0 Å². The molecule has 0 aromatic carbocycles. The fourth-order valence-electron chi connectivity index (χ4n) is 2.19.